The zero-order valence-electron chi connectivity index (χ0n) is 16.6. The fourth-order valence-corrected chi connectivity index (χ4v) is 3.95. The highest BCUT2D eigenvalue weighted by Gasteiger charge is 2.27. The largest absolute Gasteiger partial charge is 0.493 e. The smallest absolute Gasteiger partial charge is 0.339 e. The zero-order chi connectivity index (χ0) is 20.5. The Hall–Kier alpha value is -3.79. The average molecular weight is 396 g/mol. The minimum atomic E-state index is -0.283. The van der Waals surface area contributed by atoms with Gasteiger partial charge in [-0.25, -0.2) is 4.79 Å². The summed E-state index contributed by atoms with van der Waals surface area (Å²) in [5, 5.41) is 2.09. The van der Waals surface area contributed by atoms with Crippen LogP contribution in [0.2, 0.25) is 0 Å². The molecule has 0 radical (unpaired) electrons. The second-order valence-electron chi connectivity index (χ2n) is 7.22. The molecule has 5 rings (SSSR count). The molecular formula is C26H20O4. The number of cyclic esters (lactones) is 1. The highest BCUT2D eigenvalue weighted by atomic mass is 16.5. The standard InChI is InChI=1S/C26H20O4/c1-28-23-14-19(11-12-22(23)29-15-17-7-3-2-4-8-17)24-21-10-6-5-9-18(21)13-20-16-30-26(27)25(20)24/h2-14H,15-16H2,1H3. The summed E-state index contributed by atoms with van der Waals surface area (Å²) in [5.74, 6) is 0.996. The fourth-order valence-electron chi connectivity index (χ4n) is 3.95. The predicted octanol–water partition coefficient (Wildman–Crippen LogP) is 5.76. The lowest BCUT2D eigenvalue weighted by atomic mass is 9.90. The van der Waals surface area contributed by atoms with Gasteiger partial charge in [0.2, 0.25) is 0 Å². The Bertz CT molecular complexity index is 1240. The lowest BCUT2D eigenvalue weighted by Crippen LogP contribution is -2.00. The van der Waals surface area contributed by atoms with Crippen LogP contribution in [0.4, 0.5) is 0 Å². The van der Waals surface area contributed by atoms with Crippen LogP contribution in [0.15, 0.2) is 78.9 Å². The maximum Gasteiger partial charge on any atom is 0.339 e. The number of rotatable bonds is 5. The SMILES string of the molecule is COc1cc(-c2c3c(cc4ccccc24)COC3=O)ccc1OCc1ccccc1. The lowest BCUT2D eigenvalue weighted by molar-refractivity contribution is 0.0535. The molecule has 148 valence electrons. The summed E-state index contributed by atoms with van der Waals surface area (Å²) in [5.41, 5.74) is 4.40. The maximum absolute atomic E-state index is 12.5. The highest BCUT2D eigenvalue weighted by Crippen LogP contribution is 2.41. The molecule has 1 aliphatic rings. The molecule has 0 atom stereocenters. The number of carbonyl (C=O) groups excluding carboxylic acids is 1. The van der Waals surface area contributed by atoms with Crippen molar-refractivity contribution in [1.82, 2.24) is 0 Å². The Morgan fingerprint density at radius 3 is 2.50 bits per heavy atom. The average Bonchev–Trinajstić information content (AvgIpc) is 3.17. The summed E-state index contributed by atoms with van der Waals surface area (Å²) in [4.78, 5) is 12.5. The van der Waals surface area contributed by atoms with Crippen LogP contribution in [0.3, 0.4) is 0 Å². The van der Waals surface area contributed by atoms with Crippen molar-refractivity contribution in [2.45, 2.75) is 13.2 Å². The molecule has 0 spiro atoms. The van der Waals surface area contributed by atoms with Gasteiger partial charge in [0.1, 0.15) is 13.2 Å². The summed E-state index contributed by atoms with van der Waals surface area (Å²) in [6, 6.07) is 25.9. The van der Waals surface area contributed by atoms with Gasteiger partial charge >= 0.3 is 5.97 Å². The monoisotopic (exact) mass is 396 g/mol. The van der Waals surface area contributed by atoms with Crippen molar-refractivity contribution in [3.63, 3.8) is 0 Å². The van der Waals surface area contributed by atoms with Gasteiger partial charge in [0, 0.05) is 11.1 Å². The fraction of sp³-hybridized carbons (Fsp3) is 0.115. The molecule has 30 heavy (non-hydrogen) atoms. The Morgan fingerprint density at radius 2 is 1.67 bits per heavy atom. The number of esters is 1. The van der Waals surface area contributed by atoms with Gasteiger partial charge < -0.3 is 14.2 Å². The number of benzene rings is 4. The quantitative estimate of drug-likeness (QED) is 0.402. The topological polar surface area (TPSA) is 44.8 Å². The minimum absolute atomic E-state index is 0.283. The third-order valence-electron chi connectivity index (χ3n) is 5.38. The van der Waals surface area contributed by atoms with Crippen LogP contribution in [-0.4, -0.2) is 13.1 Å². The van der Waals surface area contributed by atoms with E-state index in [1.165, 1.54) is 0 Å². The van der Waals surface area contributed by atoms with E-state index >= 15 is 0 Å². The summed E-state index contributed by atoms with van der Waals surface area (Å²) >= 11 is 0. The first-order valence-electron chi connectivity index (χ1n) is 9.81. The van der Waals surface area contributed by atoms with E-state index in [1.54, 1.807) is 7.11 Å². The van der Waals surface area contributed by atoms with Crippen molar-refractivity contribution >= 4 is 16.7 Å². The molecule has 1 heterocycles. The number of hydrogen-bond donors (Lipinski definition) is 0. The van der Waals surface area contributed by atoms with Crippen molar-refractivity contribution in [3.05, 3.63) is 95.6 Å². The molecule has 0 unspecified atom stereocenters. The van der Waals surface area contributed by atoms with Crippen molar-refractivity contribution in [2.75, 3.05) is 7.11 Å². The number of fused-ring (bicyclic) bond motifs is 2. The molecule has 4 heteroatoms. The van der Waals surface area contributed by atoms with Gasteiger partial charge in [-0.1, -0.05) is 60.7 Å². The van der Waals surface area contributed by atoms with Crippen LogP contribution in [0, 0.1) is 0 Å². The van der Waals surface area contributed by atoms with Crippen LogP contribution in [0.5, 0.6) is 11.5 Å². The number of ether oxygens (including phenoxy) is 3. The molecule has 4 aromatic carbocycles. The summed E-state index contributed by atoms with van der Waals surface area (Å²) in [7, 11) is 1.62. The molecule has 0 amide bonds. The van der Waals surface area contributed by atoms with E-state index < -0.39 is 0 Å². The van der Waals surface area contributed by atoms with Gasteiger partial charge in [-0.3, -0.25) is 0 Å². The predicted molar refractivity (Wildman–Crippen MR) is 116 cm³/mol. The third-order valence-corrected chi connectivity index (χ3v) is 5.38. The molecule has 0 saturated heterocycles. The molecule has 0 N–H and O–H groups in total. The lowest BCUT2D eigenvalue weighted by Gasteiger charge is -2.15. The van der Waals surface area contributed by atoms with Crippen LogP contribution in [-0.2, 0) is 18.0 Å². The van der Waals surface area contributed by atoms with E-state index in [2.05, 4.69) is 6.07 Å². The second-order valence-corrected chi connectivity index (χ2v) is 7.22. The Kier molecular flexibility index (Phi) is 4.60. The molecule has 1 aliphatic heterocycles. The van der Waals surface area contributed by atoms with E-state index in [9.17, 15) is 4.79 Å². The number of carbonyl (C=O) groups is 1. The zero-order valence-corrected chi connectivity index (χ0v) is 16.6. The van der Waals surface area contributed by atoms with Crippen LogP contribution in [0.25, 0.3) is 21.9 Å². The van der Waals surface area contributed by atoms with Crippen molar-refractivity contribution in [3.8, 4) is 22.6 Å². The van der Waals surface area contributed by atoms with Crippen LogP contribution < -0.4 is 9.47 Å². The van der Waals surface area contributed by atoms with Gasteiger partial charge in [0.25, 0.3) is 0 Å². The van der Waals surface area contributed by atoms with E-state index in [-0.39, 0.29) is 5.97 Å². The summed E-state index contributed by atoms with van der Waals surface area (Å²) < 4.78 is 16.9. The van der Waals surface area contributed by atoms with E-state index in [1.807, 2.05) is 72.8 Å². The van der Waals surface area contributed by atoms with Gasteiger partial charge in [-0.2, -0.15) is 0 Å². The second kappa shape index (κ2) is 7.56. The first-order chi connectivity index (χ1) is 14.7. The summed E-state index contributed by atoms with van der Waals surface area (Å²) in [6.07, 6.45) is 0. The van der Waals surface area contributed by atoms with Crippen molar-refractivity contribution in [2.24, 2.45) is 0 Å². The number of methoxy groups -OCH3 is 1. The van der Waals surface area contributed by atoms with Gasteiger partial charge in [-0.05, 0) is 40.1 Å². The molecule has 0 aromatic heterocycles. The molecule has 4 aromatic rings. The Balaban J connectivity index is 1.59. The summed E-state index contributed by atoms with van der Waals surface area (Å²) in [6.45, 7) is 0.758. The molecule has 0 fully saturated rings. The Morgan fingerprint density at radius 1 is 0.867 bits per heavy atom. The number of hydrogen-bond acceptors (Lipinski definition) is 4. The molecule has 0 bridgehead atoms. The van der Waals surface area contributed by atoms with Crippen molar-refractivity contribution in [1.29, 1.82) is 0 Å². The third kappa shape index (κ3) is 3.16. The highest BCUT2D eigenvalue weighted by molar-refractivity contribution is 6.10. The van der Waals surface area contributed by atoms with E-state index in [0.717, 1.165) is 33.0 Å². The van der Waals surface area contributed by atoms with Crippen molar-refractivity contribution < 1.29 is 19.0 Å². The molecular weight excluding hydrogens is 376 g/mol. The van der Waals surface area contributed by atoms with Crippen LogP contribution >= 0.6 is 0 Å². The van der Waals surface area contributed by atoms with Crippen LogP contribution in [0.1, 0.15) is 21.5 Å². The maximum atomic E-state index is 12.5. The normalized spacial score (nSPS) is 12.5. The first-order valence-corrected chi connectivity index (χ1v) is 9.81. The van der Waals surface area contributed by atoms with Gasteiger partial charge in [0.05, 0.1) is 12.7 Å². The Labute approximate surface area is 174 Å². The first kappa shape index (κ1) is 18.3. The van der Waals surface area contributed by atoms with E-state index in [4.69, 9.17) is 14.2 Å². The van der Waals surface area contributed by atoms with Gasteiger partial charge in [-0.15, -0.1) is 0 Å². The molecule has 0 saturated carbocycles. The molecule has 0 aliphatic carbocycles. The molecule has 4 nitrogen and oxygen atoms in total. The van der Waals surface area contributed by atoms with E-state index in [0.29, 0.717) is 30.3 Å². The van der Waals surface area contributed by atoms with Gasteiger partial charge in [0.15, 0.2) is 11.5 Å². The minimum Gasteiger partial charge on any atom is -0.493 e.